The average molecular weight is 329 g/mol. The van der Waals surface area contributed by atoms with Crippen LogP contribution in [0.15, 0.2) is 18.2 Å². The lowest BCUT2D eigenvalue weighted by molar-refractivity contribution is 0.234. The van der Waals surface area contributed by atoms with E-state index in [2.05, 4.69) is 10.6 Å². The molecule has 0 bridgehead atoms. The third-order valence-corrected chi connectivity index (χ3v) is 6.21. The Bertz CT molecular complexity index is 675. The standard InChI is InChI=1S/C14H17ClN2O3S/c15-12-3-1-2-11-10(12)4-5-13(11)17-14(18)16-9-6-7-21(19,20)8-9/h1-3,9,13H,4-8H2,(H2,16,17,18)/t9-,13+/m0/s1. The minimum atomic E-state index is -2.98. The Balaban J connectivity index is 1.61. The molecule has 0 radical (unpaired) electrons. The largest absolute Gasteiger partial charge is 0.334 e. The molecule has 2 N–H and O–H groups in total. The molecule has 1 aromatic carbocycles. The maximum Gasteiger partial charge on any atom is 0.315 e. The minimum absolute atomic E-state index is 0.0352. The Morgan fingerprint density at radius 2 is 2.05 bits per heavy atom. The molecule has 0 unspecified atom stereocenters. The van der Waals surface area contributed by atoms with Crippen molar-refractivity contribution in [1.82, 2.24) is 10.6 Å². The Kier molecular flexibility index (Phi) is 3.84. The van der Waals surface area contributed by atoms with Crippen LogP contribution in [-0.4, -0.2) is 32.0 Å². The highest BCUT2D eigenvalue weighted by molar-refractivity contribution is 7.91. The molecule has 1 heterocycles. The molecule has 114 valence electrons. The monoisotopic (exact) mass is 328 g/mol. The number of rotatable bonds is 2. The first kappa shape index (κ1) is 14.7. The van der Waals surface area contributed by atoms with Crippen molar-refractivity contribution in [3.63, 3.8) is 0 Å². The number of hydrogen-bond acceptors (Lipinski definition) is 3. The number of urea groups is 1. The predicted octanol–water partition coefficient (Wildman–Crippen LogP) is 1.81. The smallest absolute Gasteiger partial charge is 0.315 e. The number of halogens is 1. The van der Waals surface area contributed by atoms with Crippen LogP contribution < -0.4 is 10.6 Å². The lowest BCUT2D eigenvalue weighted by Crippen LogP contribution is -2.43. The highest BCUT2D eigenvalue weighted by Gasteiger charge is 2.30. The number of hydrogen-bond donors (Lipinski definition) is 2. The number of carbonyl (C=O) groups is 1. The molecule has 21 heavy (non-hydrogen) atoms. The number of fused-ring (bicyclic) bond motifs is 1. The van der Waals surface area contributed by atoms with Crippen LogP contribution in [0.2, 0.25) is 5.02 Å². The maximum atomic E-state index is 12.0. The van der Waals surface area contributed by atoms with E-state index in [0.29, 0.717) is 6.42 Å². The number of amides is 2. The molecule has 3 rings (SSSR count). The van der Waals surface area contributed by atoms with Crippen LogP contribution in [0.4, 0.5) is 4.79 Å². The fourth-order valence-electron chi connectivity index (χ4n) is 3.05. The van der Waals surface area contributed by atoms with E-state index in [0.717, 1.165) is 29.0 Å². The predicted molar refractivity (Wildman–Crippen MR) is 81.2 cm³/mol. The molecule has 1 fully saturated rings. The molecule has 1 aromatic rings. The molecular weight excluding hydrogens is 312 g/mol. The second kappa shape index (κ2) is 5.50. The number of carbonyl (C=O) groups excluding carboxylic acids is 1. The van der Waals surface area contributed by atoms with Crippen LogP contribution in [0, 0.1) is 0 Å². The summed E-state index contributed by atoms with van der Waals surface area (Å²) in [4.78, 5) is 12.0. The maximum absolute atomic E-state index is 12.0. The molecular formula is C14H17ClN2O3S. The third kappa shape index (κ3) is 3.16. The van der Waals surface area contributed by atoms with Crippen molar-refractivity contribution < 1.29 is 13.2 Å². The van der Waals surface area contributed by atoms with Crippen LogP contribution in [0.25, 0.3) is 0 Å². The van der Waals surface area contributed by atoms with E-state index in [-0.39, 0.29) is 29.6 Å². The van der Waals surface area contributed by atoms with E-state index >= 15 is 0 Å². The summed E-state index contributed by atoms with van der Waals surface area (Å²) in [6.45, 7) is 0. The number of sulfone groups is 1. The van der Waals surface area contributed by atoms with Gasteiger partial charge in [0.15, 0.2) is 9.84 Å². The Morgan fingerprint density at radius 3 is 2.76 bits per heavy atom. The van der Waals surface area contributed by atoms with Crippen molar-refractivity contribution >= 4 is 27.5 Å². The van der Waals surface area contributed by atoms with Gasteiger partial charge in [0.1, 0.15) is 0 Å². The molecule has 5 nitrogen and oxygen atoms in total. The van der Waals surface area contributed by atoms with Gasteiger partial charge in [0, 0.05) is 11.1 Å². The lowest BCUT2D eigenvalue weighted by Gasteiger charge is -2.17. The summed E-state index contributed by atoms with van der Waals surface area (Å²) in [5.74, 6) is 0.188. The first-order valence-electron chi connectivity index (χ1n) is 6.99. The summed E-state index contributed by atoms with van der Waals surface area (Å²) in [5, 5.41) is 6.39. The highest BCUT2D eigenvalue weighted by Crippen LogP contribution is 2.35. The van der Waals surface area contributed by atoms with Gasteiger partial charge in [-0.15, -0.1) is 0 Å². The molecule has 2 aliphatic rings. The topological polar surface area (TPSA) is 75.3 Å². The number of benzene rings is 1. The zero-order chi connectivity index (χ0) is 15.0. The number of nitrogens with one attached hydrogen (secondary N) is 2. The molecule has 0 aromatic heterocycles. The van der Waals surface area contributed by atoms with Crippen molar-refractivity contribution in [3.05, 3.63) is 34.3 Å². The van der Waals surface area contributed by atoms with E-state index in [1.807, 2.05) is 18.2 Å². The first-order chi connectivity index (χ1) is 9.94. The molecule has 7 heteroatoms. The van der Waals surface area contributed by atoms with Crippen LogP contribution in [0.1, 0.15) is 30.0 Å². The average Bonchev–Trinajstić information content (AvgIpc) is 2.95. The van der Waals surface area contributed by atoms with Crippen molar-refractivity contribution in [3.8, 4) is 0 Å². The van der Waals surface area contributed by atoms with Gasteiger partial charge < -0.3 is 10.6 Å². The van der Waals surface area contributed by atoms with Crippen LogP contribution in [0.3, 0.4) is 0 Å². The van der Waals surface area contributed by atoms with E-state index in [4.69, 9.17) is 11.6 Å². The van der Waals surface area contributed by atoms with Gasteiger partial charge in [-0.1, -0.05) is 23.7 Å². The summed E-state index contributed by atoms with van der Waals surface area (Å²) in [6, 6.07) is 5.05. The van der Waals surface area contributed by atoms with Gasteiger partial charge in [0.2, 0.25) is 0 Å². The van der Waals surface area contributed by atoms with Gasteiger partial charge in [0.05, 0.1) is 17.5 Å². The molecule has 1 aliphatic heterocycles. The Hall–Kier alpha value is -1.27. The fraction of sp³-hybridized carbons (Fsp3) is 0.500. The van der Waals surface area contributed by atoms with Crippen molar-refractivity contribution in [2.45, 2.75) is 31.3 Å². The molecule has 2 amide bonds. The van der Waals surface area contributed by atoms with Gasteiger partial charge in [-0.3, -0.25) is 0 Å². The van der Waals surface area contributed by atoms with Crippen molar-refractivity contribution in [2.75, 3.05) is 11.5 Å². The lowest BCUT2D eigenvalue weighted by atomic mass is 10.1. The minimum Gasteiger partial charge on any atom is -0.334 e. The van der Waals surface area contributed by atoms with E-state index in [9.17, 15) is 13.2 Å². The third-order valence-electron chi connectivity index (χ3n) is 4.09. The van der Waals surface area contributed by atoms with Gasteiger partial charge in [-0.25, -0.2) is 13.2 Å². The van der Waals surface area contributed by atoms with Gasteiger partial charge >= 0.3 is 6.03 Å². The Morgan fingerprint density at radius 1 is 1.24 bits per heavy atom. The summed E-state index contributed by atoms with van der Waals surface area (Å²) in [5.41, 5.74) is 2.14. The normalized spacial score (nSPS) is 26.3. The van der Waals surface area contributed by atoms with Crippen LogP contribution in [-0.2, 0) is 16.3 Å². The van der Waals surface area contributed by atoms with Gasteiger partial charge in [-0.05, 0) is 36.5 Å². The summed E-state index contributed by atoms with van der Waals surface area (Å²) < 4.78 is 22.8. The second-order valence-corrected chi connectivity index (χ2v) is 8.25. The van der Waals surface area contributed by atoms with E-state index in [1.54, 1.807) is 0 Å². The second-order valence-electron chi connectivity index (χ2n) is 5.62. The summed E-state index contributed by atoms with van der Waals surface area (Å²) in [7, 11) is -2.98. The van der Waals surface area contributed by atoms with Crippen molar-refractivity contribution in [1.29, 1.82) is 0 Å². The van der Waals surface area contributed by atoms with Crippen LogP contribution >= 0.6 is 11.6 Å². The van der Waals surface area contributed by atoms with Gasteiger partial charge in [-0.2, -0.15) is 0 Å². The molecule has 0 saturated carbocycles. The van der Waals surface area contributed by atoms with Crippen molar-refractivity contribution in [2.24, 2.45) is 0 Å². The quantitative estimate of drug-likeness (QED) is 0.869. The summed E-state index contributed by atoms with van der Waals surface area (Å²) in [6.07, 6.45) is 2.15. The van der Waals surface area contributed by atoms with Crippen LogP contribution in [0.5, 0.6) is 0 Å². The van der Waals surface area contributed by atoms with E-state index < -0.39 is 9.84 Å². The zero-order valence-corrected chi connectivity index (χ0v) is 13.0. The SMILES string of the molecule is O=C(N[C@H]1CCS(=O)(=O)C1)N[C@@H]1CCc2c(Cl)cccc21. The molecule has 1 aliphatic carbocycles. The first-order valence-corrected chi connectivity index (χ1v) is 9.19. The highest BCUT2D eigenvalue weighted by atomic mass is 35.5. The van der Waals surface area contributed by atoms with Gasteiger partial charge in [0.25, 0.3) is 0 Å². The fourth-order valence-corrected chi connectivity index (χ4v) is 5.00. The van der Waals surface area contributed by atoms with E-state index in [1.165, 1.54) is 0 Å². The Labute approximate surface area is 129 Å². The molecule has 2 atom stereocenters. The zero-order valence-electron chi connectivity index (χ0n) is 11.4. The molecule has 0 spiro atoms. The summed E-state index contributed by atoms with van der Waals surface area (Å²) >= 11 is 6.15. The molecule has 1 saturated heterocycles.